The Morgan fingerprint density at radius 2 is 2.35 bits per heavy atom. The largest absolute Gasteiger partial charge is 0.317 e. The molecule has 5 nitrogen and oxygen atoms in total. The average Bonchev–Trinajstić information content (AvgIpc) is 2.97. The van der Waals surface area contributed by atoms with Gasteiger partial charge in [0.25, 0.3) is 10.2 Å². The number of rotatable bonds is 7. The van der Waals surface area contributed by atoms with Crippen LogP contribution in [0.4, 0.5) is 0 Å². The molecule has 1 aromatic heterocycles. The number of thiophene rings is 1. The van der Waals surface area contributed by atoms with Crippen molar-refractivity contribution >= 4 is 21.5 Å². The van der Waals surface area contributed by atoms with E-state index in [0.717, 1.165) is 31.5 Å². The van der Waals surface area contributed by atoms with Crippen molar-refractivity contribution in [3.8, 4) is 0 Å². The van der Waals surface area contributed by atoms with E-state index in [-0.39, 0.29) is 0 Å². The van der Waals surface area contributed by atoms with Gasteiger partial charge in [0.15, 0.2) is 0 Å². The zero-order valence-corrected chi connectivity index (χ0v) is 13.5. The molecule has 1 aliphatic heterocycles. The Labute approximate surface area is 125 Å². The Kier molecular flexibility index (Phi) is 5.98. The summed E-state index contributed by atoms with van der Waals surface area (Å²) in [6.07, 6.45) is 2.04. The zero-order valence-electron chi connectivity index (χ0n) is 11.8. The molecule has 1 aromatic rings. The predicted molar refractivity (Wildman–Crippen MR) is 82.9 cm³/mol. The number of nitrogens with zero attached hydrogens (tertiary/aromatic N) is 1. The summed E-state index contributed by atoms with van der Waals surface area (Å²) in [5.41, 5.74) is 1.01. The van der Waals surface area contributed by atoms with Gasteiger partial charge in [-0.3, -0.25) is 0 Å². The van der Waals surface area contributed by atoms with Crippen LogP contribution in [0.3, 0.4) is 0 Å². The van der Waals surface area contributed by atoms with E-state index in [1.54, 1.807) is 15.6 Å². The van der Waals surface area contributed by atoms with Crippen molar-refractivity contribution in [2.24, 2.45) is 5.92 Å². The number of hydrogen-bond acceptors (Lipinski definition) is 4. The Balaban J connectivity index is 1.87. The topological polar surface area (TPSA) is 61.4 Å². The molecule has 1 fully saturated rings. The maximum atomic E-state index is 12.3. The first-order valence-corrected chi connectivity index (χ1v) is 9.46. The SMILES string of the molecule is CCNCC1CCCN(S(=O)(=O)NCc2ccsc2)C1. The fourth-order valence-electron chi connectivity index (χ4n) is 2.42. The van der Waals surface area contributed by atoms with Gasteiger partial charge in [-0.15, -0.1) is 0 Å². The first-order chi connectivity index (χ1) is 9.62. The van der Waals surface area contributed by atoms with Crippen LogP contribution in [0.1, 0.15) is 25.3 Å². The first kappa shape index (κ1) is 15.9. The summed E-state index contributed by atoms with van der Waals surface area (Å²) in [5.74, 6) is 0.418. The van der Waals surface area contributed by atoms with Gasteiger partial charge in [-0.05, 0) is 54.2 Å². The molecule has 1 saturated heterocycles. The van der Waals surface area contributed by atoms with Gasteiger partial charge >= 0.3 is 0 Å². The van der Waals surface area contributed by atoms with E-state index in [0.29, 0.717) is 25.6 Å². The van der Waals surface area contributed by atoms with Crippen molar-refractivity contribution in [3.05, 3.63) is 22.4 Å². The van der Waals surface area contributed by atoms with Crippen LogP contribution in [-0.2, 0) is 16.8 Å². The molecule has 0 amide bonds. The van der Waals surface area contributed by atoms with E-state index in [9.17, 15) is 8.42 Å². The molecule has 2 rings (SSSR count). The quantitative estimate of drug-likeness (QED) is 0.799. The smallest absolute Gasteiger partial charge is 0.279 e. The maximum Gasteiger partial charge on any atom is 0.279 e. The summed E-state index contributed by atoms with van der Waals surface area (Å²) in [5, 5.41) is 7.22. The lowest BCUT2D eigenvalue weighted by Gasteiger charge is -2.32. The van der Waals surface area contributed by atoms with Crippen molar-refractivity contribution in [2.75, 3.05) is 26.2 Å². The first-order valence-electron chi connectivity index (χ1n) is 7.08. The average molecular weight is 317 g/mol. The van der Waals surface area contributed by atoms with Crippen molar-refractivity contribution in [1.29, 1.82) is 0 Å². The predicted octanol–water partition coefficient (Wildman–Crippen LogP) is 1.40. The van der Waals surface area contributed by atoms with Gasteiger partial charge in [0.1, 0.15) is 0 Å². The Bertz CT molecular complexity index is 488. The van der Waals surface area contributed by atoms with E-state index in [2.05, 4.69) is 17.0 Å². The highest BCUT2D eigenvalue weighted by atomic mass is 32.2. The summed E-state index contributed by atoms with van der Waals surface area (Å²) in [6.45, 7) is 5.51. The third kappa shape index (κ3) is 4.53. The van der Waals surface area contributed by atoms with Crippen molar-refractivity contribution in [2.45, 2.75) is 26.3 Å². The summed E-state index contributed by atoms with van der Waals surface area (Å²) in [6, 6.07) is 1.94. The van der Waals surface area contributed by atoms with Crippen LogP contribution in [0.5, 0.6) is 0 Å². The lowest BCUT2D eigenvalue weighted by molar-refractivity contribution is 0.258. The van der Waals surface area contributed by atoms with Crippen molar-refractivity contribution < 1.29 is 8.42 Å². The molecular weight excluding hydrogens is 294 g/mol. The molecule has 114 valence electrons. The highest BCUT2D eigenvalue weighted by Crippen LogP contribution is 2.18. The lowest BCUT2D eigenvalue weighted by atomic mass is 10.00. The summed E-state index contributed by atoms with van der Waals surface area (Å²) in [4.78, 5) is 0. The van der Waals surface area contributed by atoms with E-state index in [1.165, 1.54) is 0 Å². The van der Waals surface area contributed by atoms with Crippen LogP contribution >= 0.6 is 11.3 Å². The zero-order chi connectivity index (χ0) is 14.4. The third-order valence-corrected chi connectivity index (χ3v) is 5.80. The molecule has 0 saturated carbocycles. The van der Waals surface area contributed by atoms with Gasteiger partial charge < -0.3 is 5.32 Å². The van der Waals surface area contributed by atoms with Gasteiger partial charge in [0, 0.05) is 19.6 Å². The van der Waals surface area contributed by atoms with Gasteiger partial charge in [0.2, 0.25) is 0 Å². The van der Waals surface area contributed by atoms with E-state index >= 15 is 0 Å². The Morgan fingerprint density at radius 1 is 1.50 bits per heavy atom. The Morgan fingerprint density at radius 3 is 3.05 bits per heavy atom. The van der Waals surface area contributed by atoms with Crippen LogP contribution < -0.4 is 10.0 Å². The molecule has 1 aliphatic rings. The second-order valence-corrected chi connectivity index (χ2v) is 7.67. The van der Waals surface area contributed by atoms with Crippen molar-refractivity contribution in [1.82, 2.24) is 14.3 Å². The minimum absolute atomic E-state index is 0.375. The van der Waals surface area contributed by atoms with E-state index in [1.807, 2.05) is 16.8 Å². The molecular formula is C13H23N3O2S2. The highest BCUT2D eigenvalue weighted by Gasteiger charge is 2.28. The second kappa shape index (κ2) is 7.51. The highest BCUT2D eigenvalue weighted by molar-refractivity contribution is 7.87. The minimum atomic E-state index is -3.36. The number of hydrogen-bond donors (Lipinski definition) is 2. The fourth-order valence-corrected chi connectivity index (χ4v) is 4.40. The third-order valence-electron chi connectivity index (χ3n) is 3.54. The summed E-state index contributed by atoms with van der Waals surface area (Å²) in [7, 11) is -3.36. The summed E-state index contributed by atoms with van der Waals surface area (Å²) >= 11 is 1.58. The van der Waals surface area contributed by atoms with Crippen LogP contribution in [0.25, 0.3) is 0 Å². The van der Waals surface area contributed by atoms with Crippen LogP contribution in [0.2, 0.25) is 0 Å². The normalized spacial score (nSPS) is 21.1. The Hall–Kier alpha value is -0.470. The molecule has 2 heterocycles. The molecule has 0 spiro atoms. The van der Waals surface area contributed by atoms with Crippen molar-refractivity contribution in [3.63, 3.8) is 0 Å². The molecule has 2 N–H and O–H groups in total. The van der Waals surface area contributed by atoms with E-state index in [4.69, 9.17) is 0 Å². The molecule has 0 aromatic carbocycles. The van der Waals surface area contributed by atoms with Gasteiger partial charge in [-0.1, -0.05) is 6.92 Å². The molecule has 1 unspecified atom stereocenters. The van der Waals surface area contributed by atoms with Crippen LogP contribution in [-0.4, -0.2) is 38.9 Å². The van der Waals surface area contributed by atoms with Gasteiger partial charge in [-0.2, -0.15) is 28.8 Å². The molecule has 20 heavy (non-hydrogen) atoms. The second-order valence-electron chi connectivity index (χ2n) is 5.13. The molecule has 1 atom stereocenters. The van der Waals surface area contributed by atoms with Crippen LogP contribution in [0, 0.1) is 5.92 Å². The maximum absolute atomic E-state index is 12.3. The monoisotopic (exact) mass is 317 g/mol. The number of nitrogens with one attached hydrogen (secondary N) is 2. The summed E-state index contributed by atoms with van der Waals surface area (Å²) < 4.78 is 28.9. The van der Waals surface area contributed by atoms with Gasteiger partial charge in [0.05, 0.1) is 0 Å². The lowest BCUT2D eigenvalue weighted by Crippen LogP contribution is -2.47. The van der Waals surface area contributed by atoms with Crippen LogP contribution in [0.15, 0.2) is 16.8 Å². The molecule has 0 radical (unpaired) electrons. The van der Waals surface area contributed by atoms with Gasteiger partial charge in [-0.25, -0.2) is 0 Å². The van der Waals surface area contributed by atoms with E-state index < -0.39 is 10.2 Å². The molecule has 0 aliphatic carbocycles. The molecule has 0 bridgehead atoms. The molecule has 7 heteroatoms. The minimum Gasteiger partial charge on any atom is -0.317 e. The fraction of sp³-hybridized carbons (Fsp3) is 0.692. The number of piperidine rings is 1. The standard InChI is InChI=1S/C13H23N3O2S2/c1-2-14-8-12-4-3-6-16(10-12)20(17,18)15-9-13-5-7-19-11-13/h5,7,11-12,14-15H,2-4,6,8-10H2,1H3.